The Morgan fingerprint density at radius 1 is 1.42 bits per heavy atom. The van der Waals surface area contributed by atoms with Gasteiger partial charge in [0.2, 0.25) is 0 Å². The normalized spacial score (nSPS) is 23.1. The van der Waals surface area contributed by atoms with E-state index in [1.165, 1.54) is 18.2 Å². The third-order valence-corrected chi connectivity index (χ3v) is 3.65. The first-order valence-electron chi connectivity index (χ1n) is 6.59. The van der Waals surface area contributed by atoms with E-state index in [1.54, 1.807) is 0 Å². The lowest BCUT2D eigenvalue weighted by atomic mass is 9.86. The van der Waals surface area contributed by atoms with Gasteiger partial charge in [-0.05, 0) is 31.0 Å². The minimum atomic E-state index is -0.528. The van der Waals surface area contributed by atoms with Gasteiger partial charge >= 0.3 is 0 Å². The highest BCUT2D eigenvalue weighted by atomic mass is 19.1. The van der Waals surface area contributed by atoms with E-state index in [0.717, 1.165) is 25.7 Å². The van der Waals surface area contributed by atoms with Crippen LogP contribution in [0.25, 0.3) is 0 Å². The molecule has 0 bridgehead atoms. The number of amides is 1. The maximum Gasteiger partial charge on any atom is 0.251 e. The van der Waals surface area contributed by atoms with E-state index >= 15 is 0 Å². The number of aliphatic hydroxyl groups is 1. The molecule has 1 amide bonds. The number of hydrogen-bond acceptors (Lipinski definition) is 3. The Kier molecular flexibility index (Phi) is 4.37. The summed E-state index contributed by atoms with van der Waals surface area (Å²) in [5, 5.41) is 12.6. The molecule has 5 heteroatoms. The van der Waals surface area contributed by atoms with Gasteiger partial charge in [0.15, 0.2) is 0 Å². The zero-order valence-corrected chi connectivity index (χ0v) is 10.7. The van der Waals surface area contributed by atoms with E-state index in [0.29, 0.717) is 12.1 Å². The van der Waals surface area contributed by atoms with Crippen LogP contribution in [-0.2, 0) is 0 Å². The number of halogens is 1. The smallest absolute Gasteiger partial charge is 0.251 e. The van der Waals surface area contributed by atoms with E-state index in [-0.39, 0.29) is 23.6 Å². The zero-order valence-electron chi connectivity index (χ0n) is 10.7. The first-order valence-corrected chi connectivity index (χ1v) is 6.59. The van der Waals surface area contributed by atoms with Crippen molar-refractivity contribution in [2.24, 2.45) is 5.92 Å². The predicted molar refractivity (Wildman–Crippen MR) is 71.1 cm³/mol. The first-order chi connectivity index (χ1) is 9.08. The molecule has 1 aromatic rings. The van der Waals surface area contributed by atoms with Crippen molar-refractivity contribution in [1.29, 1.82) is 0 Å². The molecule has 1 fully saturated rings. The lowest BCUT2D eigenvalue weighted by Gasteiger charge is -2.27. The average Bonchev–Trinajstić information content (AvgIpc) is 2.40. The van der Waals surface area contributed by atoms with Crippen LogP contribution in [0.5, 0.6) is 0 Å². The molecular weight excluding hydrogens is 247 g/mol. The Labute approximate surface area is 111 Å². The van der Waals surface area contributed by atoms with Gasteiger partial charge in [-0.2, -0.15) is 0 Å². The number of carbonyl (C=O) groups is 1. The standard InChI is InChI=1S/C14H19FN2O2/c15-11-6-5-9(7-12(11)16)14(19)17-8-10-3-1-2-4-13(10)18/h5-7,10,13,18H,1-4,8,16H2,(H,17,19). The Bertz CT molecular complexity index is 465. The molecule has 0 aromatic heterocycles. The molecule has 1 saturated carbocycles. The van der Waals surface area contributed by atoms with Crippen molar-refractivity contribution in [3.8, 4) is 0 Å². The van der Waals surface area contributed by atoms with E-state index < -0.39 is 5.82 Å². The monoisotopic (exact) mass is 266 g/mol. The highest BCUT2D eigenvalue weighted by Gasteiger charge is 2.23. The number of nitrogens with two attached hydrogens (primary N) is 1. The Morgan fingerprint density at radius 2 is 2.16 bits per heavy atom. The molecule has 0 heterocycles. The molecule has 2 unspecified atom stereocenters. The van der Waals surface area contributed by atoms with E-state index in [1.807, 2.05) is 0 Å². The summed E-state index contributed by atoms with van der Waals surface area (Å²) < 4.78 is 13.0. The van der Waals surface area contributed by atoms with Gasteiger partial charge in [-0.1, -0.05) is 12.8 Å². The SMILES string of the molecule is Nc1cc(C(=O)NCC2CCCCC2O)ccc1F. The van der Waals surface area contributed by atoms with Crippen LogP contribution in [0, 0.1) is 11.7 Å². The van der Waals surface area contributed by atoms with Crippen LogP contribution in [0.15, 0.2) is 18.2 Å². The lowest BCUT2D eigenvalue weighted by molar-refractivity contribution is 0.0663. The van der Waals surface area contributed by atoms with Gasteiger partial charge in [0.05, 0.1) is 11.8 Å². The first kappa shape index (κ1) is 13.8. The van der Waals surface area contributed by atoms with Gasteiger partial charge < -0.3 is 16.2 Å². The van der Waals surface area contributed by atoms with E-state index in [9.17, 15) is 14.3 Å². The minimum Gasteiger partial charge on any atom is -0.396 e. The minimum absolute atomic E-state index is 0.0367. The second-order valence-corrected chi connectivity index (χ2v) is 5.06. The number of hydrogen-bond donors (Lipinski definition) is 3. The van der Waals surface area contributed by atoms with Crippen LogP contribution in [0.1, 0.15) is 36.0 Å². The molecule has 0 saturated heterocycles. The number of anilines is 1. The molecule has 4 nitrogen and oxygen atoms in total. The summed E-state index contributed by atoms with van der Waals surface area (Å²) in [6.07, 6.45) is 3.51. The number of nitrogens with one attached hydrogen (secondary N) is 1. The lowest BCUT2D eigenvalue weighted by Crippen LogP contribution is -2.36. The van der Waals surface area contributed by atoms with Gasteiger partial charge in [-0.15, -0.1) is 0 Å². The highest BCUT2D eigenvalue weighted by molar-refractivity contribution is 5.95. The average molecular weight is 266 g/mol. The summed E-state index contributed by atoms with van der Waals surface area (Å²) in [5.41, 5.74) is 5.72. The summed E-state index contributed by atoms with van der Waals surface area (Å²) in [7, 11) is 0. The van der Waals surface area contributed by atoms with Gasteiger partial charge in [-0.25, -0.2) is 4.39 Å². The van der Waals surface area contributed by atoms with Crippen molar-refractivity contribution in [3.05, 3.63) is 29.6 Å². The fourth-order valence-corrected chi connectivity index (χ4v) is 2.44. The summed E-state index contributed by atoms with van der Waals surface area (Å²) >= 11 is 0. The molecular formula is C14H19FN2O2. The largest absolute Gasteiger partial charge is 0.396 e. The van der Waals surface area contributed by atoms with Crippen molar-refractivity contribution < 1.29 is 14.3 Å². The molecule has 1 aromatic carbocycles. The zero-order chi connectivity index (χ0) is 13.8. The maximum absolute atomic E-state index is 13.0. The summed E-state index contributed by atoms with van der Waals surface area (Å²) in [6.45, 7) is 0.442. The fourth-order valence-electron chi connectivity index (χ4n) is 2.44. The van der Waals surface area contributed by atoms with Crippen molar-refractivity contribution in [3.63, 3.8) is 0 Å². The molecule has 4 N–H and O–H groups in total. The second kappa shape index (κ2) is 6.02. The van der Waals surface area contributed by atoms with E-state index in [2.05, 4.69) is 5.32 Å². The number of benzene rings is 1. The summed E-state index contributed by atoms with van der Waals surface area (Å²) in [4.78, 5) is 11.9. The van der Waals surface area contributed by atoms with Crippen LogP contribution < -0.4 is 11.1 Å². The Balaban J connectivity index is 1.91. The van der Waals surface area contributed by atoms with E-state index in [4.69, 9.17) is 5.73 Å². The predicted octanol–water partition coefficient (Wildman–Crippen LogP) is 1.69. The number of aliphatic hydroxyl groups excluding tert-OH is 1. The number of nitrogen functional groups attached to an aromatic ring is 1. The van der Waals surface area contributed by atoms with Gasteiger partial charge in [-0.3, -0.25) is 4.79 Å². The molecule has 1 aliphatic carbocycles. The second-order valence-electron chi connectivity index (χ2n) is 5.06. The summed E-state index contributed by atoms with van der Waals surface area (Å²) in [5.74, 6) is -0.709. The molecule has 19 heavy (non-hydrogen) atoms. The third kappa shape index (κ3) is 3.44. The molecule has 2 rings (SSSR count). The van der Waals surface area contributed by atoms with Crippen molar-refractivity contribution in [1.82, 2.24) is 5.32 Å². The number of rotatable bonds is 3. The van der Waals surface area contributed by atoms with Crippen LogP contribution in [0.2, 0.25) is 0 Å². The quantitative estimate of drug-likeness (QED) is 0.729. The Morgan fingerprint density at radius 3 is 2.84 bits per heavy atom. The van der Waals surface area contributed by atoms with Crippen LogP contribution in [0.4, 0.5) is 10.1 Å². The highest BCUT2D eigenvalue weighted by Crippen LogP contribution is 2.23. The van der Waals surface area contributed by atoms with Crippen LogP contribution >= 0.6 is 0 Å². The molecule has 0 radical (unpaired) electrons. The number of carbonyl (C=O) groups excluding carboxylic acids is 1. The summed E-state index contributed by atoms with van der Waals surface area (Å²) in [6, 6.07) is 3.90. The molecule has 104 valence electrons. The maximum atomic E-state index is 13.0. The van der Waals surface area contributed by atoms with Crippen LogP contribution in [0.3, 0.4) is 0 Å². The topological polar surface area (TPSA) is 75.4 Å². The van der Waals surface area contributed by atoms with Crippen molar-refractivity contribution in [2.45, 2.75) is 31.8 Å². The van der Waals surface area contributed by atoms with Crippen molar-refractivity contribution in [2.75, 3.05) is 12.3 Å². The molecule has 0 spiro atoms. The van der Waals surface area contributed by atoms with Crippen LogP contribution in [-0.4, -0.2) is 23.7 Å². The van der Waals surface area contributed by atoms with Gasteiger partial charge in [0, 0.05) is 18.0 Å². The van der Waals surface area contributed by atoms with Gasteiger partial charge in [0.25, 0.3) is 5.91 Å². The Hall–Kier alpha value is -1.62. The van der Waals surface area contributed by atoms with Gasteiger partial charge in [0.1, 0.15) is 5.82 Å². The molecule has 0 aliphatic heterocycles. The third-order valence-electron chi connectivity index (χ3n) is 3.65. The molecule has 2 atom stereocenters. The van der Waals surface area contributed by atoms with Crippen molar-refractivity contribution >= 4 is 11.6 Å². The fraction of sp³-hybridized carbons (Fsp3) is 0.500. The molecule has 1 aliphatic rings.